The van der Waals surface area contributed by atoms with E-state index in [0.717, 1.165) is 37.1 Å². The lowest BCUT2D eigenvalue weighted by Crippen LogP contribution is -2.24. The zero-order valence-corrected chi connectivity index (χ0v) is 13.1. The fraction of sp³-hybridized carbons (Fsp3) is 0.643. The molecule has 7 nitrogen and oxygen atoms in total. The van der Waals surface area contributed by atoms with Crippen LogP contribution in [0, 0.1) is 0 Å². The molecule has 0 N–H and O–H groups in total. The molecule has 0 aliphatic carbocycles. The maximum Gasteiger partial charge on any atom is 0.372 e. The summed E-state index contributed by atoms with van der Waals surface area (Å²) in [5.74, 6) is 0. The van der Waals surface area contributed by atoms with Crippen LogP contribution in [-0.4, -0.2) is 36.0 Å². The average molecular weight is 290 g/mol. The highest BCUT2D eigenvalue weighted by Gasteiger charge is 2.27. The number of rotatable bonds is 4. The Hall–Kier alpha value is -2.05. The monoisotopic (exact) mass is 290 g/mol. The topological polar surface area (TPSA) is 78.5 Å². The number of carbonyl (C=O) groups excluding carboxylic acids is 1. The molecular formula is C14H22N6O. The molecule has 0 fully saturated rings. The van der Waals surface area contributed by atoms with Crippen molar-refractivity contribution in [1.82, 2.24) is 30.0 Å². The Balaban J connectivity index is 2.36. The molecule has 0 atom stereocenters. The second-order valence-corrected chi connectivity index (χ2v) is 6.13. The molecule has 0 saturated heterocycles. The zero-order valence-electron chi connectivity index (χ0n) is 13.1. The van der Waals surface area contributed by atoms with Gasteiger partial charge in [0.05, 0.1) is 23.8 Å². The van der Waals surface area contributed by atoms with E-state index in [1.165, 1.54) is 21.8 Å². The van der Waals surface area contributed by atoms with Crippen molar-refractivity contribution in [2.45, 2.75) is 58.8 Å². The van der Waals surface area contributed by atoms with Gasteiger partial charge in [0.15, 0.2) is 0 Å². The summed E-state index contributed by atoms with van der Waals surface area (Å²) in [6, 6.07) is -0.345. The molecule has 0 aliphatic rings. The van der Waals surface area contributed by atoms with Crippen molar-refractivity contribution in [3.05, 3.63) is 23.8 Å². The first kappa shape index (κ1) is 15.3. The van der Waals surface area contributed by atoms with Crippen molar-refractivity contribution in [3.8, 4) is 0 Å². The van der Waals surface area contributed by atoms with E-state index in [4.69, 9.17) is 0 Å². The van der Waals surface area contributed by atoms with E-state index >= 15 is 0 Å². The molecular weight excluding hydrogens is 268 g/mol. The molecule has 7 heteroatoms. The minimum absolute atomic E-state index is 0.150. The van der Waals surface area contributed by atoms with Crippen LogP contribution in [0.5, 0.6) is 0 Å². The lowest BCUT2D eigenvalue weighted by molar-refractivity contribution is 0.236. The number of hydrogen-bond donors (Lipinski definition) is 0. The third kappa shape index (κ3) is 3.34. The highest BCUT2D eigenvalue weighted by Crippen LogP contribution is 2.25. The smallest absolute Gasteiger partial charge is 0.243 e. The van der Waals surface area contributed by atoms with Gasteiger partial charge in [0, 0.05) is 5.41 Å². The highest BCUT2D eigenvalue weighted by molar-refractivity contribution is 5.78. The maximum atomic E-state index is 12.4. The average Bonchev–Trinajstić information content (AvgIpc) is 3.07. The lowest BCUT2D eigenvalue weighted by Gasteiger charge is -2.17. The van der Waals surface area contributed by atoms with Crippen molar-refractivity contribution in [3.63, 3.8) is 0 Å². The first-order valence-electron chi connectivity index (χ1n) is 7.31. The van der Waals surface area contributed by atoms with Crippen LogP contribution in [0.25, 0.3) is 0 Å². The molecule has 2 rings (SSSR count). The minimum atomic E-state index is -0.345. The van der Waals surface area contributed by atoms with Crippen LogP contribution < -0.4 is 0 Å². The van der Waals surface area contributed by atoms with Gasteiger partial charge in [-0.15, -0.1) is 10.2 Å². The molecule has 114 valence electrons. The first-order chi connectivity index (χ1) is 9.95. The van der Waals surface area contributed by atoms with Crippen LogP contribution in [0.2, 0.25) is 0 Å². The van der Waals surface area contributed by atoms with Crippen LogP contribution in [-0.2, 0) is 11.8 Å². The predicted molar refractivity (Wildman–Crippen MR) is 78.2 cm³/mol. The van der Waals surface area contributed by atoms with Gasteiger partial charge in [-0.05, 0) is 12.8 Å². The molecule has 2 aromatic heterocycles. The summed E-state index contributed by atoms with van der Waals surface area (Å²) >= 11 is 0. The molecule has 0 aliphatic heterocycles. The predicted octanol–water partition coefficient (Wildman–Crippen LogP) is 2.42. The zero-order chi connectivity index (χ0) is 15.5. The molecule has 0 spiro atoms. The van der Waals surface area contributed by atoms with E-state index in [0.29, 0.717) is 0 Å². The maximum absolute atomic E-state index is 12.4. The SMILES string of the molecule is CCCCCc1c(C(C)(C)C)nnn1C(=O)n1ccnn1. The molecule has 2 heterocycles. The van der Waals surface area contributed by atoms with Crippen LogP contribution in [0.15, 0.2) is 12.4 Å². The Morgan fingerprint density at radius 3 is 2.57 bits per heavy atom. The van der Waals surface area contributed by atoms with Crippen molar-refractivity contribution in [2.75, 3.05) is 0 Å². The Morgan fingerprint density at radius 2 is 2.00 bits per heavy atom. The molecule has 0 aromatic carbocycles. The van der Waals surface area contributed by atoms with Crippen LogP contribution in [0.4, 0.5) is 4.79 Å². The molecule has 2 aromatic rings. The molecule has 0 unspecified atom stereocenters. The summed E-state index contributed by atoms with van der Waals surface area (Å²) in [5, 5.41) is 15.7. The molecule has 0 saturated carbocycles. The second kappa shape index (κ2) is 6.15. The van der Waals surface area contributed by atoms with Crippen molar-refractivity contribution >= 4 is 6.03 Å². The third-order valence-electron chi connectivity index (χ3n) is 3.29. The molecule has 0 amide bonds. The lowest BCUT2D eigenvalue weighted by atomic mass is 9.89. The quantitative estimate of drug-likeness (QED) is 0.808. The second-order valence-electron chi connectivity index (χ2n) is 6.13. The van der Waals surface area contributed by atoms with Crippen LogP contribution in [0.1, 0.15) is 58.3 Å². The first-order valence-corrected chi connectivity index (χ1v) is 7.31. The molecule has 0 radical (unpaired) electrons. The highest BCUT2D eigenvalue weighted by atomic mass is 16.2. The third-order valence-corrected chi connectivity index (χ3v) is 3.29. The van der Waals surface area contributed by atoms with Crippen molar-refractivity contribution < 1.29 is 4.79 Å². The molecule has 0 bridgehead atoms. The number of hydrogen-bond acceptors (Lipinski definition) is 5. The Labute approximate surface area is 124 Å². The van der Waals surface area contributed by atoms with Crippen LogP contribution in [0.3, 0.4) is 0 Å². The fourth-order valence-electron chi connectivity index (χ4n) is 2.21. The van der Waals surface area contributed by atoms with Gasteiger partial charge < -0.3 is 0 Å². The summed E-state index contributed by atoms with van der Waals surface area (Å²) in [7, 11) is 0. The van der Waals surface area contributed by atoms with E-state index < -0.39 is 0 Å². The van der Waals surface area contributed by atoms with E-state index in [9.17, 15) is 4.79 Å². The minimum Gasteiger partial charge on any atom is -0.243 e. The van der Waals surface area contributed by atoms with E-state index in [-0.39, 0.29) is 11.4 Å². The number of nitrogens with zero attached hydrogens (tertiary/aromatic N) is 6. The Morgan fingerprint density at radius 1 is 1.24 bits per heavy atom. The summed E-state index contributed by atoms with van der Waals surface area (Å²) in [4.78, 5) is 12.4. The van der Waals surface area contributed by atoms with Gasteiger partial charge in [0.1, 0.15) is 0 Å². The summed E-state index contributed by atoms with van der Waals surface area (Å²) < 4.78 is 2.52. The number of unbranched alkanes of at least 4 members (excludes halogenated alkanes) is 2. The van der Waals surface area contributed by atoms with Crippen molar-refractivity contribution in [2.24, 2.45) is 0 Å². The summed E-state index contributed by atoms with van der Waals surface area (Å²) in [6.45, 7) is 8.38. The van der Waals surface area contributed by atoms with Gasteiger partial charge in [-0.3, -0.25) is 0 Å². The van der Waals surface area contributed by atoms with Crippen LogP contribution >= 0.6 is 0 Å². The van der Waals surface area contributed by atoms with Gasteiger partial charge >= 0.3 is 6.03 Å². The van der Waals surface area contributed by atoms with Crippen molar-refractivity contribution in [1.29, 1.82) is 0 Å². The number of aromatic nitrogens is 6. The van der Waals surface area contributed by atoms with Gasteiger partial charge in [-0.25, -0.2) is 4.79 Å². The summed E-state index contributed by atoms with van der Waals surface area (Å²) in [5.41, 5.74) is 1.59. The Kier molecular flexibility index (Phi) is 4.50. The van der Waals surface area contributed by atoms with Gasteiger partial charge in [0.25, 0.3) is 0 Å². The van der Waals surface area contributed by atoms with E-state index in [2.05, 4.69) is 48.3 Å². The van der Waals surface area contributed by atoms with E-state index in [1.54, 1.807) is 0 Å². The number of carbonyl (C=O) groups is 1. The fourth-order valence-corrected chi connectivity index (χ4v) is 2.21. The molecule has 21 heavy (non-hydrogen) atoms. The van der Waals surface area contributed by atoms with Gasteiger partial charge in [-0.1, -0.05) is 51.0 Å². The largest absolute Gasteiger partial charge is 0.372 e. The standard InChI is InChI=1S/C14H22N6O/c1-5-6-7-8-11-12(14(2,3)4)16-18-20(11)13(21)19-10-9-15-17-19/h9-10H,5-8H2,1-4H3. The van der Waals surface area contributed by atoms with Gasteiger partial charge in [0.2, 0.25) is 0 Å². The van der Waals surface area contributed by atoms with Gasteiger partial charge in [-0.2, -0.15) is 9.36 Å². The Bertz CT molecular complexity index is 594. The summed E-state index contributed by atoms with van der Waals surface area (Å²) in [6.07, 6.45) is 7.02. The normalized spacial score (nSPS) is 11.8. The van der Waals surface area contributed by atoms with E-state index in [1.807, 2.05) is 0 Å².